The number of Topliss-reactive ketones (excluding diaryl/α,β-unsaturated/α-hetero) is 1. The maximum atomic E-state index is 11.2. The fourth-order valence-electron chi connectivity index (χ4n) is 1.24. The zero-order valence-electron chi connectivity index (χ0n) is 8.28. The Morgan fingerprint density at radius 2 is 2.43 bits per heavy atom. The van der Waals surface area contributed by atoms with Gasteiger partial charge in [0.05, 0.1) is 24.0 Å². The molecule has 14 heavy (non-hydrogen) atoms. The van der Waals surface area contributed by atoms with E-state index in [2.05, 4.69) is 0 Å². The normalized spacial score (nSPS) is 9.50. The molecule has 0 aliphatic rings. The molecule has 4 heteroatoms. The molecule has 0 atom stereocenters. The first-order valence-electron chi connectivity index (χ1n) is 4.29. The van der Waals surface area contributed by atoms with Gasteiger partial charge in [0.2, 0.25) is 0 Å². The van der Waals surface area contributed by atoms with Crippen molar-refractivity contribution in [1.29, 1.82) is 5.26 Å². The zero-order chi connectivity index (χ0) is 10.6. The Bertz CT molecular complexity index is 364. The van der Waals surface area contributed by atoms with Crippen molar-refractivity contribution in [3.63, 3.8) is 0 Å². The largest absolute Gasteiger partial charge is 0.359 e. The van der Waals surface area contributed by atoms with Crippen LogP contribution in [0.4, 0.5) is 5.00 Å². The Labute approximate surface area is 87.6 Å². The van der Waals surface area contributed by atoms with Crippen LogP contribution >= 0.6 is 11.3 Å². The van der Waals surface area contributed by atoms with Crippen LogP contribution in [0, 0.1) is 18.3 Å². The number of hydrogen-bond acceptors (Lipinski definition) is 4. The topological polar surface area (TPSA) is 44.1 Å². The average Bonchev–Trinajstić information content (AvgIpc) is 2.51. The highest BCUT2D eigenvalue weighted by molar-refractivity contribution is 7.14. The molecule has 0 N–H and O–H groups in total. The second-order valence-corrected chi connectivity index (χ2v) is 4.03. The Kier molecular flexibility index (Phi) is 3.66. The molecule has 0 radical (unpaired) electrons. The number of thiophene rings is 1. The Morgan fingerprint density at radius 3 is 2.93 bits per heavy atom. The minimum atomic E-state index is -0.0391. The van der Waals surface area contributed by atoms with Gasteiger partial charge in [0.25, 0.3) is 0 Å². The molecule has 0 fully saturated rings. The molecule has 0 spiro atoms. The Morgan fingerprint density at radius 1 is 1.71 bits per heavy atom. The summed E-state index contributed by atoms with van der Waals surface area (Å²) in [5.74, 6) is -0.0391. The van der Waals surface area contributed by atoms with Crippen molar-refractivity contribution in [2.24, 2.45) is 0 Å². The first-order valence-corrected chi connectivity index (χ1v) is 5.17. The lowest BCUT2D eigenvalue weighted by Crippen LogP contribution is -2.24. The SMILES string of the molecule is Cc1ccsc1N(C)CC(=O)CC#N. The predicted octanol–water partition coefficient (Wildman–Crippen LogP) is 1.98. The van der Waals surface area contributed by atoms with Crippen LogP contribution < -0.4 is 4.90 Å². The molecule has 1 rings (SSSR count). The van der Waals surface area contributed by atoms with E-state index in [4.69, 9.17) is 5.26 Å². The van der Waals surface area contributed by atoms with E-state index in [9.17, 15) is 4.79 Å². The van der Waals surface area contributed by atoms with Crippen molar-refractivity contribution >= 4 is 22.1 Å². The number of hydrogen-bond donors (Lipinski definition) is 0. The number of carbonyl (C=O) groups excluding carboxylic acids is 1. The maximum absolute atomic E-state index is 11.2. The summed E-state index contributed by atoms with van der Waals surface area (Å²) in [6.07, 6.45) is -0.00520. The van der Waals surface area contributed by atoms with Gasteiger partial charge in [-0.3, -0.25) is 4.79 Å². The fourth-order valence-corrected chi connectivity index (χ4v) is 2.14. The summed E-state index contributed by atoms with van der Waals surface area (Å²) >= 11 is 1.61. The minimum Gasteiger partial charge on any atom is -0.359 e. The predicted molar refractivity (Wildman–Crippen MR) is 57.6 cm³/mol. The van der Waals surface area contributed by atoms with Gasteiger partial charge in [0.1, 0.15) is 0 Å². The quantitative estimate of drug-likeness (QED) is 0.760. The number of nitriles is 1. The van der Waals surface area contributed by atoms with Gasteiger partial charge in [-0.2, -0.15) is 5.26 Å². The van der Waals surface area contributed by atoms with Crippen molar-refractivity contribution in [2.75, 3.05) is 18.5 Å². The summed E-state index contributed by atoms with van der Waals surface area (Å²) in [4.78, 5) is 13.1. The molecule has 1 heterocycles. The lowest BCUT2D eigenvalue weighted by Gasteiger charge is -2.16. The van der Waals surface area contributed by atoms with E-state index in [0.29, 0.717) is 6.54 Å². The Balaban J connectivity index is 2.60. The van der Waals surface area contributed by atoms with Gasteiger partial charge in [-0.25, -0.2) is 0 Å². The number of likely N-dealkylation sites (N-methyl/N-ethyl adjacent to an activating group) is 1. The maximum Gasteiger partial charge on any atom is 0.166 e. The highest BCUT2D eigenvalue weighted by Crippen LogP contribution is 2.25. The van der Waals surface area contributed by atoms with Crippen molar-refractivity contribution < 1.29 is 4.79 Å². The standard InChI is InChI=1S/C10H12N2OS/c1-8-4-6-14-10(8)12(2)7-9(13)3-5-11/h4,6H,3,7H2,1-2H3. The molecule has 0 saturated carbocycles. The van der Waals surface area contributed by atoms with Gasteiger partial charge in [-0.1, -0.05) is 0 Å². The van der Waals surface area contributed by atoms with Crippen LogP contribution in [0.3, 0.4) is 0 Å². The summed E-state index contributed by atoms with van der Waals surface area (Å²) in [6, 6.07) is 3.88. The van der Waals surface area contributed by atoms with E-state index >= 15 is 0 Å². The molecule has 1 aromatic heterocycles. The van der Waals surface area contributed by atoms with Crippen molar-refractivity contribution in [2.45, 2.75) is 13.3 Å². The van der Waals surface area contributed by atoms with Crippen LogP contribution in [-0.2, 0) is 4.79 Å². The first-order chi connectivity index (χ1) is 6.65. The summed E-state index contributed by atoms with van der Waals surface area (Å²) in [5, 5.41) is 11.4. The van der Waals surface area contributed by atoms with Crippen molar-refractivity contribution in [1.82, 2.24) is 0 Å². The molecule has 3 nitrogen and oxygen atoms in total. The molecular weight excluding hydrogens is 196 g/mol. The van der Waals surface area contributed by atoms with Gasteiger partial charge in [-0.05, 0) is 23.9 Å². The van der Waals surface area contributed by atoms with E-state index in [1.165, 1.54) is 5.56 Å². The third-order valence-electron chi connectivity index (χ3n) is 1.87. The zero-order valence-corrected chi connectivity index (χ0v) is 9.10. The molecule has 0 unspecified atom stereocenters. The number of ketones is 1. The lowest BCUT2D eigenvalue weighted by atomic mass is 10.3. The monoisotopic (exact) mass is 208 g/mol. The summed E-state index contributed by atoms with van der Waals surface area (Å²) in [5.41, 5.74) is 1.17. The molecule has 0 bridgehead atoms. The van der Waals surface area contributed by atoms with Gasteiger partial charge in [0.15, 0.2) is 5.78 Å². The fraction of sp³-hybridized carbons (Fsp3) is 0.400. The van der Waals surface area contributed by atoms with E-state index in [0.717, 1.165) is 5.00 Å². The Hall–Kier alpha value is -1.34. The highest BCUT2D eigenvalue weighted by atomic mass is 32.1. The lowest BCUT2D eigenvalue weighted by molar-refractivity contribution is -0.116. The number of rotatable bonds is 4. The van der Waals surface area contributed by atoms with Crippen molar-refractivity contribution in [3.8, 4) is 6.07 Å². The minimum absolute atomic E-state index is 0.00520. The number of anilines is 1. The smallest absolute Gasteiger partial charge is 0.166 e. The van der Waals surface area contributed by atoms with Gasteiger partial charge in [0, 0.05) is 7.05 Å². The van der Waals surface area contributed by atoms with Gasteiger partial charge >= 0.3 is 0 Å². The molecule has 0 aliphatic heterocycles. The molecule has 0 saturated heterocycles. The van der Waals surface area contributed by atoms with Crippen LogP contribution in [0.25, 0.3) is 0 Å². The third kappa shape index (κ3) is 2.57. The first kappa shape index (κ1) is 10.7. The second-order valence-electron chi connectivity index (χ2n) is 3.14. The summed E-state index contributed by atoms with van der Waals surface area (Å²) in [7, 11) is 1.87. The number of nitrogens with zero attached hydrogens (tertiary/aromatic N) is 2. The van der Waals surface area contributed by atoms with E-state index in [1.54, 1.807) is 11.3 Å². The van der Waals surface area contributed by atoms with Crippen LogP contribution in [0.15, 0.2) is 11.4 Å². The number of carbonyl (C=O) groups is 1. The summed E-state index contributed by atoms with van der Waals surface area (Å²) in [6.45, 7) is 2.33. The highest BCUT2D eigenvalue weighted by Gasteiger charge is 2.09. The molecular formula is C10H12N2OS. The van der Waals surface area contributed by atoms with E-state index in [1.807, 2.05) is 36.4 Å². The summed E-state index contributed by atoms with van der Waals surface area (Å²) < 4.78 is 0. The van der Waals surface area contributed by atoms with Crippen LogP contribution in [0.2, 0.25) is 0 Å². The van der Waals surface area contributed by atoms with Crippen molar-refractivity contribution in [3.05, 3.63) is 17.0 Å². The van der Waals surface area contributed by atoms with Gasteiger partial charge < -0.3 is 4.90 Å². The second kappa shape index (κ2) is 4.77. The molecule has 0 aliphatic carbocycles. The van der Waals surface area contributed by atoms with E-state index in [-0.39, 0.29) is 12.2 Å². The average molecular weight is 208 g/mol. The number of aryl methyl sites for hydroxylation is 1. The molecule has 1 aromatic rings. The molecule has 74 valence electrons. The van der Waals surface area contributed by atoms with E-state index < -0.39 is 0 Å². The van der Waals surface area contributed by atoms with Crippen LogP contribution in [-0.4, -0.2) is 19.4 Å². The van der Waals surface area contributed by atoms with Crippen LogP contribution in [0.5, 0.6) is 0 Å². The van der Waals surface area contributed by atoms with Gasteiger partial charge in [-0.15, -0.1) is 11.3 Å². The third-order valence-corrected chi connectivity index (χ3v) is 3.00. The molecule has 0 aromatic carbocycles. The molecule has 0 amide bonds. The van der Waals surface area contributed by atoms with Crippen LogP contribution in [0.1, 0.15) is 12.0 Å².